The van der Waals surface area contributed by atoms with E-state index in [4.69, 9.17) is 4.74 Å². The number of nitrogens with zero attached hydrogens (tertiary/aromatic N) is 2. The maximum absolute atomic E-state index is 11.8. The number of carbonyl (C=O) groups is 2. The smallest absolute Gasteiger partial charge is 0.313 e. The molecule has 1 aliphatic heterocycles. The Bertz CT molecular complexity index is 539. The Morgan fingerprint density at radius 2 is 1.75 bits per heavy atom. The Balaban J connectivity index is 1.63. The lowest BCUT2D eigenvalue weighted by Crippen LogP contribution is -2.45. The van der Waals surface area contributed by atoms with Gasteiger partial charge in [0.15, 0.2) is 0 Å². The first kappa shape index (κ1) is 18.2. The molecule has 132 valence electrons. The van der Waals surface area contributed by atoms with Gasteiger partial charge in [-0.3, -0.25) is 9.59 Å². The Morgan fingerprint density at radius 3 is 2.38 bits per heavy atom. The van der Waals surface area contributed by atoms with Crippen LogP contribution in [0.3, 0.4) is 0 Å². The van der Waals surface area contributed by atoms with Gasteiger partial charge >= 0.3 is 11.8 Å². The van der Waals surface area contributed by atoms with Crippen molar-refractivity contribution in [2.75, 3.05) is 58.7 Å². The number of rotatable bonds is 6. The van der Waals surface area contributed by atoms with E-state index >= 15 is 0 Å². The minimum absolute atomic E-state index is 0.501. The zero-order valence-electron chi connectivity index (χ0n) is 14.4. The van der Waals surface area contributed by atoms with Crippen molar-refractivity contribution in [2.45, 2.75) is 6.42 Å². The second-order valence-electron chi connectivity index (χ2n) is 5.94. The number of hydrogen-bond donors (Lipinski definition) is 2. The van der Waals surface area contributed by atoms with Crippen molar-refractivity contribution in [3.63, 3.8) is 0 Å². The third kappa shape index (κ3) is 5.82. The molecule has 0 atom stereocenters. The maximum Gasteiger partial charge on any atom is 0.313 e. The van der Waals surface area contributed by atoms with Gasteiger partial charge in [0.25, 0.3) is 0 Å². The molecule has 1 saturated heterocycles. The maximum atomic E-state index is 11.8. The SMILES string of the molecule is COc1ccc(NC(=O)C(=O)NCCCN2CCN(C)CC2)cc1. The van der Waals surface area contributed by atoms with Crippen LogP contribution in [0.5, 0.6) is 5.75 Å². The van der Waals surface area contributed by atoms with Gasteiger partial charge in [0.2, 0.25) is 0 Å². The summed E-state index contributed by atoms with van der Waals surface area (Å²) in [6.07, 6.45) is 0.839. The predicted octanol–water partition coefficient (Wildman–Crippen LogP) is 0.387. The van der Waals surface area contributed by atoms with Crippen molar-refractivity contribution < 1.29 is 14.3 Å². The summed E-state index contributed by atoms with van der Waals surface area (Å²) in [4.78, 5) is 28.3. The van der Waals surface area contributed by atoms with Gasteiger partial charge in [-0.25, -0.2) is 0 Å². The quantitative estimate of drug-likeness (QED) is 0.581. The van der Waals surface area contributed by atoms with E-state index in [-0.39, 0.29) is 0 Å². The fraction of sp³-hybridized carbons (Fsp3) is 0.529. The molecule has 1 aromatic rings. The lowest BCUT2D eigenvalue weighted by Gasteiger charge is -2.32. The first-order chi connectivity index (χ1) is 11.6. The molecule has 2 amide bonds. The van der Waals surface area contributed by atoms with Gasteiger partial charge in [0.05, 0.1) is 7.11 Å². The predicted molar refractivity (Wildman–Crippen MR) is 93.2 cm³/mol. The van der Waals surface area contributed by atoms with Gasteiger partial charge in [-0.15, -0.1) is 0 Å². The van der Waals surface area contributed by atoms with Crippen LogP contribution in [-0.2, 0) is 9.59 Å². The summed E-state index contributed by atoms with van der Waals surface area (Å²) in [5.41, 5.74) is 0.563. The highest BCUT2D eigenvalue weighted by molar-refractivity contribution is 6.39. The summed E-state index contributed by atoms with van der Waals surface area (Å²) < 4.78 is 5.04. The van der Waals surface area contributed by atoms with Crippen LogP contribution in [0.2, 0.25) is 0 Å². The van der Waals surface area contributed by atoms with E-state index in [1.165, 1.54) is 0 Å². The van der Waals surface area contributed by atoms with Crippen molar-refractivity contribution >= 4 is 17.5 Å². The lowest BCUT2D eigenvalue weighted by atomic mass is 10.3. The first-order valence-corrected chi connectivity index (χ1v) is 8.22. The van der Waals surface area contributed by atoms with Crippen LogP contribution >= 0.6 is 0 Å². The van der Waals surface area contributed by atoms with Crippen LogP contribution in [0, 0.1) is 0 Å². The van der Waals surface area contributed by atoms with E-state index in [9.17, 15) is 9.59 Å². The third-order valence-corrected chi connectivity index (χ3v) is 4.09. The van der Waals surface area contributed by atoms with Crippen molar-refractivity contribution in [2.24, 2.45) is 0 Å². The average molecular weight is 334 g/mol. The second kappa shape index (κ2) is 9.24. The summed E-state index contributed by atoms with van der Waals surface area (Å²) in [6, 6.07) is 6.84. The standard InChI is InChI=1S/C17H26N4O3/c1-20-10-12-21(13-11-20)9-3-8-18-16(22)17(23)19-14-4-6-15(24-2)7-5-14/h4-7H,3,8-13H2,1-2H3,(H,18,22)(H,19,23). The number of benzene rings is 1. The molecule has 2 N–H and O–H groups in total. The summed E-state index contributed by atoms with van der Waals surface area (Å²) >= 11 is 0. The van der Waals surface area contributed by atoms with Crippen LogP contribution in [0.4, 0.5) is 5.69 Å². The van der Waals surface area contributed by atoms with Gasteiger partial charge in [-0.05, 0) is 44.3 Å². The molecule has 7 nitrogen and oxygen atoms in total. The van der Waals surface area contributed by atoms with Crippen LogP contribution in [0.25, 0.3) is 0 Å². The average Bonchev–Trinajstić information content (AvgIpc) is 2.60. The number of likely N-dealkylation sites (N-methyl/N-ethyl adjacent to an activating group) is 1. The zero-order valence-corrected chi connectivity index (χ0v) is 14.4. The van der Waals surface area contributed by atoms with E-state index in [0.29, 0.717) is 18.0 Å². The molecule has 7 heteroatoms. The molecule has 0 unspecified atom stereocenters. The van der Waals surface area contributed by atoms with Crippen molar-refractivity contribution in [3.8, 4) is 5.75 Å². The second-order valence-corrected chi connectivity index (χ2v) is 5.94. The highest BCUT2D eigenvalue weighted by atomic mass is 16.5. The van der Waals surface area contributed by atoms with E-state index in [1.807, 2.05) is 0 Å². The van der Waals surface area contributed by atoms with Crippen molar-refractivity contribution in [3.05, 3.63) is 24.3 Å². The molecule has 0 aliphatic carbocycles. The first-order valence-electron chi connectivity index (χ1n) is 8.22. The van der Waals surface area contributed by atoms with Crippen molar-refractivity contribution in [1.82, 2.24) is 15.1 Å². The van der Waals surface area contributed by atoms with Gasteiger partial charge in [-0.1, -0.05) is 0 Å². The number of amides is 2. The molecule has 0 bridgehead atoms. The summed E-state index contributed by atoms with van der Waals surface area (Å²) in [6.45, 7) is 5.72. The Kier molecular flexibility index (Phi) is 7.02. The van der Waals surface area contributed by atoms with Gasteiger partial charge in [-0.2, -0.15) is 0 Å². The number of anilines is 1. The Morgan fingerprint density at radius 1 is 1.08 bits per heavy atom. The molecule has 1 fully saturated rings. The van der Waals surface area contributed by atoms with E-state index < -0.39 is 11.8 Å². The number of methoxy groups -OCH3 is 1. The largest absolute Gasteiger partial charge is 0.497 e. The number of ether oxygens (including phenoxy) is 1. The van der Waals surface area contributed by atoms with Crippen molar-refractivity contribution in [1.29, 1.82) is 0 Å². The van der Waals surface area contributed by atoms with E-state index in [1.54, 1.807) is 31.4 Å². The number of nitrogens with one attached hydrogen (secondary N) is 2. The van der Waals surface area contributed by atoms with Crippen LogP contribution in [-0.4, -0.2) is 75.0 Å². The van der Waals surface area contributed by atoms with Crippen LogP contribution in [0.15, 0.2) is 24.3 Å². The minimum atomic E-state index is -0.653. The topological polar surface area (TPSA) is 73.9 Å². The van der Waals surface area contributed by atoms with Gasteiger partial charge < -0.3 is 25.2 Å². The van der Waals surface area contributed by atoms with Gasteiger partial charge in [0.1, 0.15) is 5.75 Å². The lowest BCUT2D eigenvalue weighted by molar-refractivity contribution is -0.136. The molecule has 1 heterocycles. The van der Waals surface area contributed by atoms with E-state index in [0.717, 1.165) is 39.1 Å². The molecule has 0 spiro atoms. The van der Waals surface area contributed by atoms with Crippen LogP contribution < -0.4 is 15.4 Å². The fourth-order valence-corrected chi connectivity index (χ4v) is 2.52. The number of hydrogen-bond acceptors (Lipinski definition) is 5. The van der Waals surface area contributed by atoms with E-state index in [2.05, 4.69) is 27.5 Å². The molecular formula is C17H26N4O3. The highest BCUT2D eigenvalue weighted by Crippen LogP contribution is 2.14. The molecule has 1 aromatic carbocycles. The molecule has 0 aromatic heterocycles. The Hall–Kier alpha value is -2.12. The highest BCUT2D eigenvalue weighted by Gasteiger charge is 2.15. The monoisotopic (exact) mass is 334 g/mol. The normalized spacial score (nSPS) is 15.8. The minimum Gasteiger partial charge on any atom is -0.497 e. The molecule has 0 saturated carbocycles. The summed E-state index contributed by atoms with van der Waals surface area (Å²) in [5, 5.41) is 5.23. The number of piperazine rings is 1. The summed E-state index contributed by atoms with van der Waals surface area (Å²) in [5.74, 6) is -0.565. The molecule has 2 rings (SSSR count). The fourth-order valence-electron chi connectivity index (χ4n) is 2.52. The zero-order chi connectivity index (χ0) is 17.4. The summed E-state index contributed by atoms with van der Waals surface area (Å²) in [7, 11) is 3.70. The van der Waals surface area contributed by atoms with Crippen LogP contribution in [0.1, 0.15) is 6.42 Å². The third-order valence-electron chi connectivity index (χ3n) is 4.09. The Labute approximate surface area is 142 Å². The molecule has 0 radical (unpaired) electrons. The molecule has 24 heavy (non-hydrogen) atoms. The number of carbonyl (C=O) groups excluding carboxylic acids is 2. The molecule has 1 aliphatic rings. The van der Waals surface area contributed by atoms with Gasteiger partial charge in [0, 0.05) is 38.4 Å². The molecular weight excluding hydrogens is 308 g/mol.